The summed E-state index contributed by atoms with van der Waals surface area (Å²) in [5, 5.41) is 14.9. The minimum Gasteiger partial charge on any atom is -0.313 e. The fraction of sp³-hybridized carbons (Fsp3) is 0. The summed E-state index contributed by atoms with van der Waals surface area (Å²) in [6.07, 6.45) is 1.27. The second-order valence-corrected chi connectivity index (χ2v) is 4.93. The molecule has 0 aliphatic heterocycles. The third-order valence-electron chi connectivity index (χ3n) is 2.60. The maximum atomic E-state index is 11.7. The van der Waals surface area contributed by atoms with Crippen LogP contribution < -0.4 is 0 Å². The highest BCUT2D eigenvalue weighted by atomic mass is 35.5. The van der Waals surface area contributed by atoms with Crippen molar-refractivity contribution in [2.24, 2.45) is 5.16 Å². The average Bonchev–Trinajstić information content (AvgIpc) is 2.49. The quantitative estimate of drug-likeness (QED) is 0.363. The van der Waals surface area contributed by atoms with E-state index in [4.69, 9.17) is 23.2 Å². The summed E-state index contributed by atoms with van der Waals surface area (Å²) in [5.74, 6) is -0.740. The number of nitro groups is 1. The van der Waals surface area contributed by atoms with Gasteiger partial charge < -0.3 is 4.84 Å². The molecule has 0 aromatic heterocycles. The largest absolute Gasteiger partial charge is 0.365 e. The lowest BCUT2D eigenvalue weighted by Crippen LogP contribution is -2.01. The van der Waals surface area contributed by atoms with E-state index < -0.39 is 10.9 Å². The number of hydrogen-bond donors (Lipinski definition) is 0. The number of non-ortho nitro benzene ring substituents is 1. The number of carbonyl (C=O) groups is 1. The molecule has 0 bridgehead atoms. The number of benzene rings is 2. The van der Waals surface area contributed by atoms with E-state index in [1.54, 1.807) is 12.1 Å². The van der Waals surface area contributed by atoms with Crippen molar-refractivity contribution in [1.82, 2.24) is 0 Å². The zero-order valence-corrected chi connectivity index (χ0v) is 12.4. The highest BCUT2D eigenvalue weighted by molar-refractivity contribution is 6.36. The van der Waals surface area contributed by atoms with Gasteiger partial charge in [0.05, 0.1) is 21.7 Å². The van der Waals surface area contributed by atoms with E-state index in [1.807, 2.05) is 0 Å². The second-order valence-electron chi connectivity index (χ2n) is 4.08. The Labute approximate surface area is 135 Å². The molecule has 22 heavy (non-hydrogen) atoms. The Kier molecular flexibility index (Phi) is 5.08. The topological polar surface area (TPSA) is 81.8 Å². The van der Waals surface area contributed by atoms with Gasteiger partial charge in [-0.25, -0.2) is 4.79 Å². The van der Waals surface area contributed by atoms with Gasteiger partial charge in [0.25, 0.3) is 5.69 Å². The minimum atomic E-state index is -0.740. The molecule has 0 atom stereocenters. The molecule has 2 aromatic rings. The van der Waals surface area contributed by atoms with E-state index >= 15 is 0 Å². The minimum absolute atomic E-state index is 0.118. The van der Waals surface area contributed by atoms with Crippen LogP contribution in [0.15, 0.2) is 47.6 Å². The van der Waals surface area contributed by atoms with Gasteiger partial charge in [-0.3, -0.25) is 10.1 Å². The first-order valence-electron chi connectivity index (χ1n) is 5.91. The molecule has 0 saturated carbocycles. The third-order valence-corrected chi connectivity index (χ3v) is 3.17. The number of rotatable bonds is 4. The lowest BCUT2D eigenvalue weighted by molar-refractivity contribution is -0.384. The van der Waals surface area contributed by atoms with Crippen LogP contribution in [-0.2, 0) is 4.84 Å². The molecule has 6 nitrogen and oxygen atoms in total. The zero-order chi connectivity index (χ0) is 16.1. The van der Waals surface area contributed by atoms with Crippen molar-refractivity contribution < 1.29 is 14.6 Å². The van der Waals surface area contributed by atoms with Crippen LogP contribution in [0.25, 0.3) is 0 Å². The van der Waals surface area contributed by atoms with E-state index in [-0.39, 0.29) is 11.3 Å². The van der Waals surface area contributed by atoms with Gasteiger partial charge >= 0.3 is 5.97 Å². The van der Waals surface area contributed by atoms with E-state index in [0.29, 0.717) is 15.6 Å². The first kappa shape index (κ1) is 15.9. The van der Waals surface area contributed by atoms with Gasteiger partial charge in [-0.05, 0) is 24.3 Å². The fourth-order valence-electron chi connectivity index (χ4n) is 1.51. The molecule has 2 aromatic carbocycles. The lowest BCUT2D eigenvalue weighted by Gasteiger charge is -1.99. The third kappa shape index (κ3) is 4.03. The number of nitrogens with zero attached hydrogens (tertiary/aromatic N) is 2. The van der Waals surface area contributed by atoms with Crippen LogP contribution in [0.5, 0.6) is 0 Å². The molecule has 0 unspecified atom stereocenters. The number of carbonyl (C=O) groups excluding carboxylic acids is 1. The summed E-state index contributed by atoms with van der Waals surface area (Å²) in [6.45, 7) is 0. The Balaban J connectivity index is 2.02. The van der Waals surface area contributed by atoms with Crippen LogP contribution in [0.2, 0.25) is 10.0 Å². The van der Waals surface area contributed by atoms with Crippen LogP contribution in [0.1, 0.15) is 15.9 Å². The molecular weight excluding hydrogens is 331 g/mol. The van der Waals surface area contributed by atoms with Crippen molar-refractivity contribution in [3.63, 3.8) is 0 Å². The summed E-state index contributed by atoms with van der Waals surface area (Å²) in [4.78, 5) is 26.3. The van der Waals surface area contributed by atoms with Crippen molar-refractivity contribution in [1.29, 1.82) is 0 Å². The van der Waals surface area contributed by atoms with Crippen LogP contribution in [0.4, 0.5) is 5.69 Å². The van der Waals surface area contributed by atoms with Crippen LogP contribution in [0.3, 0.4) is 0 Å². The van der Waals surface area contributed by atoms with Crippen LogP contribution >= 0.6 is 23.2 Å². The summed E-state index contributed by atoms with van der Waals surface area (Å²) < 4.78 is 0. The Morgan fingerprint density at radius 2 is 1.86 bits per heavy atom. The number of nitro benzene ring substituents is 1. The SMILES string of the molecule is O=C(O/N=C/c1ccc(Cl)cc1Cl)c1ccc([N+](=O)[O-])cc1. The highest BCUT2D eigenvalue weighted by Gasteiger charge is 2.10. The van der Waals surface area contributed by atoms with Crippen molar-refractivity contribution in [3.8, 4) is 0 Å². The van der Waals surface area contributed by atoms with Gasteiger partial charge in [0.15, 0.2) is 0 Å². The smallest absolute Gasteiger partial charge is 0.313 e. The molecule has 0 aliphatic rings. The van der Waals surface area contributed by atoms with Crippen LogP contribution in [-0.4, -0.2) is 17.1 Å². The Morgan fingerprint density at radius 1 is 1.18 bits per heavy atom. The first-order chi connectivity index (χ1) is 10.5. The van der Waals surface area contributed by atoms with Gasteiger partial charge in [-0.2, -0.15) is 0 Å². The summed E-state index contributed by atoms with van der Waals surface area (Å²) >= 11 is 11.7. The fourth-order valence-corrected chi connectivity index (χ4v) is 1.97. The average molecular weight is 339 g/mol. The van der Waals surface area contributed by atoms with Gasteiger partial charge in [-0.15, -0.1) is 0 Å². The Hall–Kier alpha value is -2.44. The maximum Gasteiger partial charge on any atom is 0.365 e. The molecule has 0 amide bonds. The normalized spacial score (nSPS) is 10.6. The molecular formula is C14H8Cl2N2O4. The van der Waals surface area contributed by atoms with E-state index in [2.05, 4.69) is 9.99 Å². The highest BCUT2D eigenvalue weighted by Crippen LogP contribution is 2.19. The van der Waals surface area contributed by atoms with Gasteiger partial charge in [0.1, 0.15) is 0 Å². The monoisotopic (exact) mass is 338 g/mol. The predicted octanol–water partition coefficient (Wildman–Crippen LogP) is 4.09. The number of hydrogen-bond acceptors (Lipinski definition) is 5. The van der Waals surface area contributed by atoms with Gasteiger partial charge in [0.2, 0.25) is 0 Å². The van der Waals surface area contributed by atoms with E-state index in [0.717, 1.165) is 0 Å². The standard InChI is InChI=1S/C14H8Cl2N2O4/c15-11-4-1-10(13(16)7-11)8-17-22-14(19)9-2-5-12(6-3-9)18(20)21/h1-8H/b17-8+. The van der Waals surface area contributed by atoms with Crippen molar-refractivity contribution in [2.75, 3.05) is 0 Å². The maximum absolute atomic E-state index is 11.7. The molecule has 2 rings (SSSR count). The second kappa shape index (κ2) is 7.02. The summed E-state index contributed by atoms with van der Waals surface area (Å²) in [5.41, 5.74) is 0.556. The van der Waals surface area contributed by atoms with Gasteiger partial charge in [0, 0.05) is 22.7 Å². The predicted molar refractivity (Wildman–Crippen MR) is 82.6 cm³/mol. The summed E-state index contributed by atoms with van der Waals surface area (Å²) in [7, 11) is 0. The first-order valence-corrected chi connectivity index (χ1v) is 6.67. The van der Waals surface area contributed by atoms with Gasteiger partial charge in [-0.1, -0.05) is 34.4 Å². The van der Waals surface area contributed by atoms with E-state index in [1.165, 1.54) is 36.5 Å². The molecule has 112 valence electrons. The number of halogens is 2. The Bertz CT molecular complexity index is 745. The molecule has 0 N–H and O–H groups in total. The molecule has 0 fully saturated rings. The molecule has 0 radical (unpaired) electrons. The van der Waals surface area contributed by atoms with Crippen molar-refractivity contribution in [3.05, 3.63) is 73.8 Å². The Morgan fingerprint density at radius 3 is 2.45 bits per heavy atom. The molecule has 0 spiro atoms. The molecule has 0 aliphatic carbocycles. The van der Waals surface area contributed by atoms with Crippen molar-refractivity contribution in [2.45, 2.75) is 0 Å². The number of oxime groups is 1. The van der Waals surface area contributed by atoms with E-state index in [9.17, 15) is 14.9 Å². The van der Waals surface area contributed by atoms with Crippen LogP contribution in [0, 0.1) is 10.1 Å². The molecule has 0 heterocycles. The van der Waals surface area contributed by atoms with Crippen molar-refractivity contribution >= 4 is 41.1 Å². The zero-order valence-electron chi connectivity index (χ0n) is 10.9. The molecule has 8 heteroatoms. The lowest BCUT2D eigenvalue weighted by atomic mass is 10.2. The summed E-state index contributed by atoms with van der Waals surface area (Å²) in [6, 6.07) is 9.74. The molecule has 0 saturated heterocycles.